The molecule has 2 N–H and O–H groups in total. The zero-order chi connectivity index (χ0) is 20.6. The molecule has 150 valence electrons. The maximum atomic E-state index is 12.8. The molecule has 0 aliphatic heterocycles. The molecule has 0 spiro atoms. The van der Waals surface area contributed by atoms with Crippen LogP contribution in [0.4, 0.5) is 4.39 Å². The highest BCUT2D eigenvalue weighted by atomic mass is 32.1. The third kappa shape index (κ3) is 6.28. The predicted molar refractivity (Wildman–Crippen MR) is 105 cm³/mol. The van der Waals surface area contributed by atoms with Gasteiger partial charge >= 0.3 is 0 Å². The van der Waals surface area contributed by atoms with Crippen LogP contribution in [0.3, 0.4) is 0 Å². The molecule has 1 heterocycles. The van der Waals surface area contributed by atoms with Crippen molar-refractivity contribution in [2.75, 3.05) is 6.61 Å². The molecule has 2 amide bonds. The van der Waals surface area contributed by atoms with Crippen LogP contribution in [0.5, 0.6) is 11.5 Å². The van der Waals surface area contributed by atoms with Crippen LogP contribution in [0.2, 0.25) is 0 Å². The lowest BCUT2D eigenvalue weighted by Gasteiger charge is -2.08. The number of hydrogen-bond donors (Lipinski definition) is 2. The van der Waals surface area contributed by atoms with E-state index in [1.807, 2.05) is 31.2 Å². The van der Waals surface area contributed by atoms with Crippen LogP contribution in [0.25, 0.3) is 0 Å². The molecule has 1 aromatic heterocycles. The molecule has 3 aromatic rings. The first-order chi connectivity index (χ1) is 14.0. The highest BCUT2D eigenvalue weighted by Crippen LogP contribution is 2.16. The van der Waals surface area contributed by atoms with Crippen molar-refractivity contribution in [3.05, 3.63) is 76.0 Å². The Labute approximate surface area is 170 Å². The van der Waals surface area contributed by atoms with Crippen LogP contribution in [-0.4, -0.2) is 23.4 Å². The molecule has 0 atom stereocenters. The quantitative estimate of drug-likeness (QED) is 0.579. The van der Waals surface area contributed by atoms with Crippen molar-refractivity contribution in [2.45, 2.75) is 13.5 Å². The molecule has 2 aromatic carbocycles. The Kier molecular flexibility index (Phi) is 6.75. The second kappa shape index (κ2) is 9.65. The molecule has 29 heavy (non-hydrogen) atoms. The normalized spacial score (nSPS) is 10.3. The molecule has 3 rings (SSSR count). The molecule has 7 nitrogen and oxygen atoms in total. The number of hydrogen-bond acceptors (Lipinski definition) is 6. The minimum Gasteiger partial charge on any atom is -0.486 e. The zero-order valence-electron chi connectivity index (χ0n) is 15.5. The van der Waals surface area contributed by atoms with Gasteiger partial charge in [0.2, 0.25) is 0 Å². The summed E-state index contributed by atoms with van der Waals surface area (Å²) in [5.41, 5.74) is 5.79. The van der Waals surface area contributed by atoms with Gasteiger partial charge in [-0.1, -0.05) is 17.7 Å². The fourth-order valence-electron chi connectivity index (χ4n) is 2.17. The Morgan fingerprint density at radius 3 is 2.38 bits per heavy atom. The van der Waals surface area contributed by atoms with E-state index in [4.69, 9.17) is 9.47 Å². The standard InChI is InChI=1S/C20H18FN3O4S/c1-13-2-6-15(7-3-13)28-11-19-22-17(12-29-19)20(26)24-23-18(25)10-27-16-8-4-14(21)5-9-16/h2-9,12H,10-11H2,1H3,(H,23,25)(H,24,26). The average molecular weight is 415 g/mol. The first-order valence-corrected chi connectivity index (χ1v) is 9.49. The van der Waals surface area contributed by atoms with E-state index in [1.54, 1.807) is 5.38 Å². The van der Waals surface area contributed by atoms with Gasteiger partial charge in [0.05, 0.1) is 0 Å². The van der Waals surface area contributed by atoms with Crippen LogP contribution < -0.4 is 20.3 Å². The number of halogens is 1. The number of carbonyl (C=O) groups excluding carboxylic acids is 2. The average Bonchev–Trinajstić information content (AvgIpc) is 3.20. The highest BCUT2D eigenvalue weighted by Gasteiger charge is 2.12. The maximum absolute atomic E-state index is 12.8. The maximum Gasteiger partial charge on any atom is 0.289 e. The van der Waals surface area contributed by atoms with Gasteiger partial charge in [-0.15, -0.1) is 11.3 Å². The summed E-state index contributed by atoms with van der Waals surface area (Å²) in [5.74, 6) is -0.476. The summed E-state index contributed by atoms with van der Waals surface area (Å²) in [6, 6.07) is 12.8. The molecule has 0 aliphatic carbocycles. The number of thiazole rings is 1. The van der Waals surface area contributed by atoms with Gasteiger partial charge in [0.25, 0.3) is 11.8 Å². The number of nitrogens with zero attached hydrogens (tertiary/aromatic N) is 1. The SMILES string of the molecule is Cc1ccc(OCc2nc(C(=O)NNC(=O)COc3ccc(F)cc3)cs2)cc1. The van der Waals surface area contributed by atoms with Crippen molar-refractivity contribution in [3.8, 4) is 11.5 Å². The van der Waals surface area contributed by atoms with E-state index in [9.17, 15) is 14.0 Å². The number of ether oxygens (including phenoxy) is 2. The Balaban J connectivity index is 1.41. The van der Waals surface area contributed by atoms with Crippen LogP contribution in [0.15, 0.2) is 53.9 Å². The van der Waals surface area contributed by atoms with Crippen molar-refractivity contribution < 1.29 is 23.5 Å². The number of carbonyl (C=O) groups is 2. The van der Waals surface area contributed by atoms with Gasteiger partial charge in [0, 0.05) is 5.38 Å². The van der Waals surface area contributed by atoms with Gasteiger partial charge in [-0.05, 0) is 43.3 Å². The largest absolute Gasteiger partial charge is 0.486 e. The van der Waals surface area contributed by atoms with E-state index >= 15 is 0 Å². The van der Waals surface area contributed by atoms with Crippen molar-refractivity contribution in [2.24, 2.45) is 0 Å². The fraction of sp³-hybridized carbons (Fsp3) is 0.150. The topological polar surface area (TPSA) is 89.5 Å². The van der Waals surface area contributed by atoms with E-state index in [-0.39, 0.29) is 18.9 Å². The lowest BCUT2D eigenvalue weighted by molar-refractivity contribution is -0.123. The molecule has 0 radical (unpaired) electrons. The molecule has 0 fully saturated rings. The third-order valence-electron chi connectivity index (χ3n) is 3.67. The summed E-state index contributed by atoms with van der Waals surface area (Å²) in [6.45, 7) is 1.89. The van der Waals surface area contributed by atoms with E-state index in [2.05, 4.69) is 15.8 Å². The molecule has 0 unspecified atom stereocenters. The number of rotatable bonds is 7. The van der Waals surface area contributed by atoms with Crippen molar-refractivity contribution in [1.29, 1.82) is 0 Å². The molecule has 9 heteroatoms. The molecular weight excluding hydrogens is 397 g/mol. The van der Waals surface area contributed by atoms with E-state index < -0.39 is 17.6 Å². The lowest BCUT2D eigenvalue weighted by Crippen LogP contribution is -2.44. The number of aromatic nitrogens is 1. The Hall–Kier alpha value is -3.46. The van der Waals surface area contributed by atoms with E-state index in [0.717, 1.165) is 5.56 Å². The van der Waals surface area contributed by atoms with Crippen molar-refractivity contribution in [3.63, 3.8) is 0 Å². The Bertz CT molecular complexity index is 974. The second-order valence-electron chi connectivity index (χ2n) is 5.97. The monoisotopic (exact) mass is 415 g/mol. The highest BCUT2D eigenvalue weighted by molar-refractivity contribution is 7.09. The van der Waals surface area contributed by atoms with Crippen molar-refractivity contribution in [1.82, 2.24) is 15.8 Å². The Morgan fingerprint density at radius 1 is 1.00 bits per heavy atom. The van der Waals surface area contributed by atoms with Gasteiger partial charge in [0.1, 0.15) is 34.6 Å². The number of hydrazine groups is 1. The van der Waals surface area contributed by atoms with Crippen LogP contribution in [-0.2, 0) is 11.4 Å². The van der Waals surface area contributed by atoms with Crippen LogP contribution >= 0.6 is 11.3 Å². The molecule has 0 aliphatic rings. The van der Waals surface area contributed by atoms with Gasteiger partial charge in [0.15, 0.2) is 6.61 Å². The first kappa shape index (κ1) is 20.3. The number of amides is 2. The molecular formula is C20H18FN3O4S. The summed E-state index contributed by atoms with van der Waals surface area (Å²) >= 11 is 1.28. The van der Waals surface area contributed by atoms with Gasteiger partial charge in [-0.2, -0.15) is 0 Å². The summed E-state index contributed by atoms with van der Waals surface area (Å²) in [5, 5.41) is 2.20. The summed E-state index contributed by atoms with van der Waals surface area (Å²) in [7, 11) is 0. The van der Waals surface area contributed by atoms with Gasteiger partial charge < -0.3 is 9.47 Å². The Morgan fingerprint density at radius 2 is 1.66 bits per heavy atom. The van der Waals surface area contributed by atoms with E-state index in [1.165, 1.54) is 35.6 Å². The minimum atomic E-state index is -0.569. The van der Waals surface area contributed by atoms with Gasteiger partial charge in [-0.3, -0.25) is 20.4 Å². The fourth-order valence-corrected chi connectivity index (χ4v) is 2.85. The number of aryl methyl sites for hydroxylation is 1. The second-order valence-corrected chi connectivity index (χ2v) is 6.92. The third-order valence-corrected chi connectivity index (χ3v) is 4.49. The van der Waals surface area contributed by atoms with Crippen molar-refractivity contribution >= 4 is 23.2 Å². The first-order valence-electron chi connectivity index (χ1n) is 8.61. The smallest absolute Gasteiger partial charge is 0.289 e. The summed E-state index contributed by atoms with van der Waals surface area (Å²) in [4.78, 5) is 28.0. The van der Waals surface area contributed by atoms with Crippen LogP contribution in [0, 0.1) is 12.7 Å². The minimum absolute atomic E-state index is 0.164. The lowest BCUT2D eigenvalue weighted by atomic mass is 10.2. The van der Waals surface area contributed by atoms with Gasteiger partial charge in [-0.25, -0.2) is 9.37 Å². The molecule has 0 bridgehead atoms. The molecule has 0 saturated heterocycles. The molecule has 0 saturated carbocycles. The van der Waals surface area contributed by atoms with E-state index in [0.29, 0.717) is 16.5 Å². The summed E-state index contributed by atoms with van der Waals surface area (Å²) < 4.78 is 23.6. The number of benzene rings is 2. The van der Waals surface area contributed by atoms with Crippen LogP contribution in [0.1, 0.15) is 21.1 Å². The zero-order valence-corrected chi connectivity index (χ0v) is 16.3. The predicted octanol–water partition coefficient (Wildman–Crippen LogP) is 3.01. The number of nitrogens with one attached hydrogen (secondary N) is 2. The summed E-state index contributed by atoms with van der Waals surface area (Å²) in [6.07, 6.45) is 0.